The number of benzene rings is 1. The highest BCUT2D eigenvalue weighted by Crippen LogP contribution is 2.33. The summed E-state index contributed by atoms with van der Waals surface area (Å²) in [7, 11) is 0. The zero-order valence-electron chi connectivity index (χ0n) is 10.9. The Hall–Kier alpha value is -0.820. The van der Waals surface area contributed by atoms with Crippen molar-refractivity contribution < 1.29 is 0 Å². The molecule has 1 saturated heterocycles. The Balaban J connectivity index is 2.28. The third-order valence-electron chi connectivity index (χ3n) is 3.70. The van der Waals surface area contributed by atoms with Crippen LogP contribution in [0.4, 0.5) is 0 Å². The van der Waals surface area contributed by atoms with E-state index >= 15 is 0 Å². The summed E-state index contributed by atoms with van der Waals surface area (Å²) in [6.45, 7) is 8.98. The van der Waals surface area contributed by atoms with Crippen LogP contribution in [0.5, 0.6) is 0 Å². The van der Waals surface area contributed by atoms with Crippen molar-refractivity contribution in [2.45, 2.75) is 58.5 Å². The van der Waals surface area contributed by atoms with Gasteiger partial charge in [0, 0.05) is 18.0 Å². The Labute approximate surface area is 99.3 Å². The lowest BCUT2D eigenvalue weighted by Gasteiger charge is -2.19. The zero-order valence-corrected chi connectivity index (χ0v) is 10.9. The molecule has 1 fully saturated rings. The second kappa shape index (κ2) is 4.58. The van der Waals surface area contributed by atoms with Crippen molar-refractivity contribution in [3.05, 3.63) is 34.9 Å². The molecule has 2 rings (SSSR count). The summed E-state index contributed by atoms with van der Waals surface area (Å²) in [5.74, 6) is 0.707. The van der Waals surface area contributed by atoms with Crippen LogP contribution in [0.2, 0.25) is 0 Å². The topological polar surface area (TPSA) is 12.0 Å². The predicted molar refractivity (Wildman–Crippen MR) is 70.0 cm³/mol. The molecule has 16 heavy (non-hydrogen) atoms. The van der Waals surface area contributed by atoms with Crippen LogP contribution in [-0.4, -0.2) is 12.1 Å². The minimum atomic E-state index is 0.663. The molecular weight excluding hydrogens is 194 g/mol. The van der Waals surface area contributed by atoms with Crippen LogP contribution < -0.4 is 5.32 Å². The normalized spacial score (nSPS) is 29.6. The molecule has 1 heteroatoms. The fraction of sp³-hybridized carbons (Fsp3) is 0.600. The lowest BCUT2D eigenvalue weighted by atomic mass is 9.88. The van der Waals surface area contributed by atoms with Gasteiger partial charge in [0.15, 0.2) is 0 Å². The maximum Gasteiger partial charge on any atom is 0.0136 e. The summed E-state index contributed by atoms with van der Waals surface area (Å²) in [5, 5.41) is 3.69. The van der Waals surface area contributed by atoms with E-state index in [0.29, 0.717) is 18.0 Å². The Bertz CT molecular complexity index is 349. The fourth-order valence-electron chi connectivity index (χ4n) is 3.09. The molecule has 1 aromatic carbocycles. The molecule has 0 bridgehead atoms. The standard InChI is InChI=1S/C15H23N/c1-5-15-14(9-12(4)16-15)13-7-10(2)6-11(3)8-13/h6-8,12,14-16H,5,9H2,1-4H3. The van der Waals surface area contributed by atoms with Crippen molar-refractivity contribution in [3.8, 4) is 0 Å². The van der Waals surface area contributed by atoms with Crippen LogP contribution in [0.25, 0.3) is 0 Å². The van der Waals surface area contributed by atoms with Gasteiger partial charge in [-0.1, -0.05) is 36.2 Å². The van der Waals surface area contributed by atoms with Crippen molar-refractivity contribution in [1.29, 1.82) is 0 Å². The molecule has 0 spiro atoms. The van der Waals surface area contributed by atoms with E-state index in [-0.39, 0.29) is 0 Å². The van der Waals surface area contributed by atoms with Crippen molar-refractivity contribution in [3.63, 3.8) is 0 Å². The minimum absolute atomic E-state index is 0.663. The molecule has 0 aliphatic carbocycles. The molecule has 1 aliphatic heterocycles. The van der Waals surface area contributed by atoms with Gasteiger partial charge >= 0.3 is 0 Å². The average molecular weight is 217 g/mol. The van der Waals surface area contributed by atoms with Gasteiger partial charge in [0.25, 0.3) is 0 Å². The van der Waals surface area contributed by atoms with E-state index in [1.807, 2.05) is 0 Å². The van der Waals surface area contributed by atoms with Gasteiger partial charge < -0.3 is 5.32 Å². The minimum Gasteiger partial charge on any atom is -0.311 e. The highest BCUT2D eigenvalue weighted by atomic mass is 15.0. The Morgan fingerprint density at radius 3 is 2.38 bits per heavy atom. The number of hydrogen-bond donors (Lipinski definition) is 1. The zero-order chi connectivity index (χ0) is 11.7. The summed E-state index contributed by atoms with van der Waals surface area (Å²) in [5.41, 5.74) is 4.31. The Morgan fingerprint density at radius 2 is 1.81 bits per heavy atom. The highest BCUT2D eigenvalue weighted by molar-refractivity contribution is 5.32. The molecule has 88 valence electrons. The third kappa shape index (κ3) is 2.30. The van der Waals surface area contributed by atoms with Gasteiger partial charge in [-0.2, -0.15) is 0 Å². The molecule has 0 saturated carbocycles. The molecule has 1 nitrogen and oxygen atoms in total. The number of aryl methyl sites for hydroxylation is 2. The van der Waals surface area contributed by atoms with E-state index in [0.717, 1.165) is 0 Å². The highest BCUT2D eigenvalue weighted by Gasteiger charge is 2.31. The molecule has 1 aromatic rings. The van der Waals surface area contributed by atoms with Crippen molar-refractivity contribution >= 4 is 0 Å². The molecule has 0 aromatic heterocycles. The van der Waals surface area contributed by atoms with Crippen molar-refractivity contribution in [1.82, 2.24) is 5.32 Å². The third-order valence-corrected chi connectivity index (χ3v) is 3.70. The van der Waals surface area contributed by atoms with Crippen LogP contribution in [0.3, 0.4) is 0 Å². The quantitative estimate of drug-likeness (QED) is 0.799. The number of nitrogens with one attached hydrogen (secondary N) is 1. The van der Waals surface area contributed by atoms with Gasteiger partial charge in [0.1, 0.15) is 0 Å². The van der Waals surface area contributed by atoms with Gasteiger partial charge in [-0.3, -0.25) is 0 Å². The largest absolute Gasteiger partial charge is 0.311 e. The van der Waals surface area contributed by atoms with E-state index in [1.165, 1.54) is 29.5 Å². The van der Waals surface area contributed by atoms with Crippen molar-refractivity contribution in [2.75, 3.05) is 0 Å². The van der Waals surface area contributed by atoms with E-state index < -0.39 is 0 Å². The molecule has 1 aliphatic rings. The summed E-state index contributed by atoms with van der Waals surface area (Å²) in [6.07, 6.45) is 2.50. The van der Waals surface area contributed by atoms with Gasteiger partial charge in [-0.05, 0) is 39.2 Å². The predicted octanol–water partition coefficient (Wildman–Crippen LogP) is 3.55. The van der Waals surface area contributed by atoms with E-state index in [4.69, 9.17) is 0 Å². The Morgan fingerprint density at radius 1 is 1.19 bits per heavy atom. The molecule has 3 unspecified atom stereocenters. The molecule has 0 amide bonds. The van der Waals surface area contributed by atoms with Gasteiger partial charge in [0.05, 0.1) is 0 Å². The van der Waals surface area contributed by atoms with Gasteiger partial charge in [-0.25, -0.2) is 0 Å². The van der Waals surface area contributed by atoms with Gasteiger partial charge in [-0.15, -0.1) is 0 Å². The fourth-order valence-corrected chi connectivity index (χ4v) is 3.09. The molecule has 1 heterocycles. The molecule has 3 atom stereocenters. The van der Waals surface area contributed by atoms with E-state index in [1.54, 1.807) is 0 Å². The number of rotatable bonds is 2. The molecule has 1 N–H and O–H groups in total. The molecule has 0 radical (unpaired) electrons. The van der Waals surface area contributed by atoms with E-state index in [9.17, 15) is 0 Å². The van der Waals surface area contributed by atoms with Gasteiger partial charge in [0.2, 0.25) is 0 Å². The van der Waals surface area contributed by atoms with Crippen LogP contribution in [-0.2, 0) is 0 Å². The maximum atomic E-state index is 3.69. The SMILES string of the molecule is CCC1NC(C)CC1c1cc(C)cc(C)c1. The average Bonchev–Trinajstić information content (AvgIpc) is 2.58. The second-order valence-electron chi connectivity index (χ2n) is 5.35. The lowest BCUT2D eigenvalue weighted by Crippen LogP contribution is -2.28. The summed E-state index contributed by atoms with van der Waals surface area (Å²) in [6, 6.07) is 8.31. The molecular formula is C15H23N. The van der Waals surface area contributed by atoms with Crippen molar-refractivity contribution in [2.24, 2.45) is 0 Å². The summed E-state index contributed by atoms with van der Waals surface area (Å²) >= 11 is 0. The Kier molecular flexibility index (Phi) is 3.34. The monoisotopic (exact) mass is 217 g/mol. The first kappa shape index (κ1) is 11.7. The number of hydrogen-bond acceptors (Lipinski definition) is 1. The lowest BCUT2D eigenvalue weighted by molar-refractivity contribution is 0.517. The van der Waals surface area contributed by atoms with E-state index in [2.05, 4.69) is 51.2 Å². The summed E-state index contributed by atoms with van der Waals surface area (Å²) in [4.78, 5) is 0. The first-order valence-electron chi connectivity index (χ1n) is 6.44. The first-order valence-corrected chi connectivity index (χ1v) is 6.44. The maximum absolute atomic E-state index is 3.69. The van der Waals surface area contributed by atoms with Crippen LogP contribution in [0.1, 0.15) is 49.3 Å². The van der Waals surface area contributed by atoms with Crippen LogP contribution in [0.15, 0.2) is 18.2 Å². The smallest absolute Gasteiger partial charge is 0.0136 e. The van der Waals surface area contributed by atoms with Crippen LogP contribution >= 0.6 is 0 Å². The first-order chi connectivity index (χ1) is 7.60. The van der Waals surface area contributed by atoms with Crippen LogP contribution in [0, 0.1) is 13.8 Å². The second-order valence-corrected chi connectivity index (χ2v) is 5.35. The summed E-state index contributed by atoms with van der Waals surface area (Å²) < 4.78 is 0.